The number of rotatable bonds is 5. The van der Waals surface area contributed by atoms with Crippen molar-refractivity contribution in [2.24, 2.45) is 0 Å². The van der Waals surface area contributed by atoms with Gasteiger partial charge in [0.25, 0.3) is 0 Å². The lowest BCUT2D eigenvalue weighted by Crippen LogP contribution is -2.24. The fourth-order valence-corrected chi connectivity index (χ4v) is 3.50. The third kappa shape index (κ3) is 3.84. The maximum Gasteiger partial charge on any atom is 0.335 e. The Kier molecular flexibility index (Phi) is 4.66. The quantitative estimate of drug-likeness (QED) is 0.822. The van der Waals surface area contributed by atoms with Crippen molar-refractivity contribution < 1.29 is 18.3 Å². The molecule has 0 aliphatic carbocycles. The van der Waals surface area contributed by atoms with Crippen molar-refractivity contribution in [3.63, 3.8) is 0 Å². The second-order valence-corrected chi connectivity index (χ2v) is 6.58. The molecule has 1 aromatic carbocycles. The summed E-state index contributed by atoms with van der Waals surface area (Å²) in [5.74, 6) is -1.20. The van der Waals surface area contributed by atoms with Gasteiger partial charge in [-0.05, 0) is 46.3 Å². The predicted molar refractivity (Wildman–Crippen MR) is 77.2 cm³/mol. The highest BCUT2D eigenvalue weighted by molar-refractivity contribution is 9.10. The number of nitrogens with one attached hydrogen (secondary N) is 1. The van der Waals surface area contributed by atoms with E-state index in [1.165, 1.54) is 18.3 Å². The zero-order valence-electron chi connectivity index (χ0n) is 10.5. The summed E-state index contributed by atoms with van der Waals surface area (Å²) in [4.78, 5) is 10.8. The largest absolute Gasteiger partial charge is 0.478 e. The van der Waals surface area contributed by atoms with E-state index in [9.17, 15) is 13.2 Å². The minimum Gasteiger partial charge on any atom is -0.478 e. The van der Waals surface area contributed by atoms with Crippen LogP contribution in [0, 0.1) is 0 Å². The van der Waals surface area contributed by atoms with Crippen LogP contribution in [0.1, 0.15) is 16.1 Å². The van der Waals surface area contributed by atoms with Crippen molar-refractivity contribution in [1.29, 1.82) is 0 Å². The van der Waals surface area contributed by atoms with Crippen molar-refractivity contribution in [1.82, 2.24) is 14.9 Å². The molecule has 2 rings (SSSR count). The molecule has 0 radical (unpaired) electrons. The van der Waals surface area contributed by atoms with Gasteiger partial charge in [-0.1, -0.05) is 0 Å². The fraction of sp³-hybridized carbons (Fsp3) is 0.0833. The van der Waals surface area contributed by atoms with Gasteiger partial charge in [-0.2, -0.15) is 10.2 Å². The molecule has 0 saturated carbocycles. The third-order valence-corrected chi connectivity index (χ3v) is 4.93. The molecule has 0 bridgehead atoms. The smallest absolute Gasteiger partial charge is 0.335 e. The van der Waals surface area contributed by atoms with E-state index in [1.54, 1.807) is 12.1 Å². The molecule has 1 heterocycles. The van der Waals surface area contributed by atoms with Gasteiger partial charge < -0.3 is 5.11 Å². The molecule has 0 aliphatic rings. The molecule has 0 amide bonds. The molecule has 110 valence electrons. The van der Waals surface area contributed by atoms with Gasteiger partial charge in [-0.25, -0.2) is 17.9 Å². The summed E-state index contributed by atoms with van der Waals surface area (Å²) in [5.41, 5.74) is 0.338. The van der Waals surface area contributed by atoms with Crippen LogP contribution in [0.4, 0.5) is 0 Å². The SMILES string of the molecule is O=C(O)c1ccc(Br)c(S(=O)(=O)NCc2cccnn2)c1. The van der Waals surface area contributed by atoms with Crippen molar-refractivity contribution in [2.45, 2.75) is 11.4 Å². The number of hydrogen-bond donors (Lipinski definition) is 2. The fourth-order valence-electron chi connectivity index (χ4n) is 1.52. The van der Waals surface area contributed by atoms with E-state index in [4.69, 9.17) is 5.11 Å². The third-order valence-electron chi connectivity index (χ3n) is 2.54. The first kappa shape index (κ1) is 15.5. The molecule has 0 unspecified atom stereocenters. The van der Waals surface area contributed by atoms with Gasteiger partial charge >= 0.3 is 5.97 Å². The summed E-state index contributed by atoms with van der Waals surface area (Å²) >= 11 is 3.10. The van der Waals surface area contributed by atoms with Crippen LogP contribution in [0.2, 0.25) is 0 Å². The Hall–Kier alpha value is -1.84. The molecule has 21 heavy (non-hydrogen) atoms. The summed E-state index contributed by atoms with van der Waals surface area (Å²) in [7, 11) is -3.87. The number of carbonyl (C=O) groups is 1. The Morgan fingerprint density at radius 1 is 1.33 bits per heavy atom. The molecule has 1 aromatic heterocycles. The van der Waals surface area contributed by atoms with Crippen molar-refractivity contribution >= 4 is 31.9 Å². The van der Waals surface area contributed by atoms with Gasteiger partial charge in [0, 0.05) is 10.7 Å². The van der Waals surface area contributed by atoms with Crippen molar-refractivity contribution in [3.05, 3.63) is 52.3 Å². The predicted octanol–water partition coefficient (Wildman–Crippen LogP) is 1.42. The molecule has 2 N–H and O–H groups in total. The minimum atomic E-state index is -3.87. The second kappa shape index (κ2) is 6.29. The number of carboxylic acid groups (broad SMARTS) is 1. The van der Waals surface area contributed by atoms with E-state index < -0.39 is 16.0 Å². The number of sulfonamides is 1. The highest BCUT2D eigenvalue weighted by Gasteiger charge is 2.19. The number of carboxylic acids is 1. The van der Waals surface area contributed by atoms with Gasteiger partial charge in [-0.15, -0.1) is 0 Å². The highest BCUT2D eigenvalue weighted by atomic mass is 79.9. The number of halogens is 1. The molecule has 0 atom stereocenters. The van der Waals surface area contributed by atoms with Gasteiger partial charge in [0.05, 0.1) is 22.7 Å². The Bertz CT molecular complexity index is 765. The summed E-state index contributed by atoms with van der Waals surface area (Å²) in [5, 5.41) is 16.3. The zero-order chi connectivity index (χ0) is 15.5. The second-order valence-electron chi connectivity index (χ2n) is 3.99. The van der Waals surface area contributed by atoms with Crippen LogP contribution in [0.3, 0.4) is 0 Å². The normalized spacial score (nSPS) is 11.3. The molecule has 7 nitrogen and oxygen atoms in total. The van der Waals surface area contributed by atoms with Gasteiger partial charge in [0.2, 0.25) is 10.0 Å². The first-order valence-electron chi connectivity index (χ1n) is 5.69. The molecule has 9 heteroatoms. The number of nitrogens with zero attached hydrogens (tertiary/aromatic N) is 2. The highest BCUT2D eigenvalue weighted by Crippen LogP contribution is 2.23. The molecular weight excluding hydrogens is 362 g/mol. The van der Waals surface area contributed by atoms with E-state index in [0.29, 0.717) is 5.69 Å². The molecule has 0 aliphatic heterocycles. The van der Waals surface area contributed by atoms with E-state index >= 15 is 0 Å². The van der Waals surface area contributed by atoms with Crippen LogP contribution >= 0.6 is 15.9 Å². The van der Waals surface area contributed by atoms with E-state index in [-0.39, 0.29) is 21.5 Å². The maximum atomic E-state index is 12.2. The van der Waals surface area contributed by atoms with Gasteiger partial charge in [0.1, 0.15) is 0 Å². The molecule has 2 aromatic rings. The standard InChI is InChI=1S/C12H10BrN3O4S/c13-10-4-3-8(12(17)18)6-11(10)21(19,20)15-7-9-2-1-5-14-16-9/h1-6,15H,7H2,(H,17,18). The number of benzene rings is 1. The van der Waals surface area contributed by atoms with Gasteiger partial charge in [-0.3, -0.25) is 0 Å². The zero-order valence-corrected chi connectivity index (χ0v) is 12.9. The van der Waals surface area contributed by atoms with Crippen LogP contribution in [-0.2, 0) is 16.6 Å². The first-order chi connectivity index (χ1) is 9.90. The minimum absolute atomic E-state index is 0.0418. The summed E-state index contributed by atoms with van der Waals surface area (Å²) in [6.07, 6.45) is 1.48. The van der Waals surface area contributed by atoms with Crippen LogP contribution in [0.15, 0.2) is 45.9 Å². The first-order valence-corrected chi connectivity index (χ1v) is 7.97. The molecule has 0 fully saturated rings. The van der Waals surface area contributed by atoms with Crippen LogP contribution in [0.5, 0.6) is 0 Å². The molecule has 0 spiro atoms. The Labute approximate surface area is 129 Å². The van der Waals surface area contributed by atoms with Crippen LogP contribution < -0.4 is 4.72 Å². The van der Waals surface area contributed by atoms with E-state index in [1.807, 2.05) is 0 Å². The lowest BCUT2D eigenvalue weighted by Gasteiger charge is -2.08. The van der Waals surface area contributed by atoms with Crippen LogP contribution in [-0.4, -0.2) is 29.7 Å². The maximum absolute atomic E-state index is 12.2. The average Bonchev–Trinajstić information content (AvgIpc) is 2.46. The summed E-state index contributed by atoms with van der Waals surface area (Å²) in [6.45, 7) is -0.0418. The Balaban J connectivity index is 2.27. The van der Waals surface area contributed by atoms with E-state index in [2.05, 4.69) is 30.8 Å². The van der Waals surface area contributed by atoms with Crippen molar-refractivity contribution in [3.8, 4) is 0 Å². The van der Waals surface area contributed by atoms with Gasteiger partial charge in [0.15, 0.2) is 0 Å². The Morgan fingerprint density at radius 2 is 2.10 bits per heavy atom. The summed E-state index contributed by atoms with van der Waals surface area (Å²) < 4.78 is 27.1. The van der Waals surface area contributed by atoms with E-state index in [0.717, 1.165) is 6.07 Å². The van der Waals surface area contributed by atoms with Crippen molar-refractivity contribution in [2.75, 3.05) is 0 Å². The summed E-state index contributed by atoms with van der Waals surface area (Å²) in [6, 6.07) is 7.04. The number of aromatic carboxylic acids is 1. The lowest BCUT2D eigenvalue weighted by atomic mass is 10.2. The average molecular weight is 372 g/mol. The Morgan fingerprint density at radius 3 is 2.71 bits per heavy atom. The molecular formula is C12H10BrN3O4S. The lowest BCUT2D eigenvalue weighted by molar-refractivity contribution is 0.0696. The monoisotopic (exact) mass is 371 g/mol. The number of hydrogen-bond acceptors (Lipinski definition) is 5. The molecule has 0 saturated heterocycles. The number of aromatic nitrogens is 2. The van der Waals surface area contributed by atoms with Crippen LogP contribution in [0.25, 0.3) is 0 Å². The topological polar surface area (TPSA) is 109 Å².